The molecule has 11 rings (SSSR count). The summed E-state index contributed by atoms with van der Waals surface area (Å²) in [4.78, 5) is 2.48. The third-order valence-corrected chi connectivity index (χ3v) is 13.3. The number of rotatable bonds is 6. The highest BCUT2D eigenvalue weighted by molar-refractivity contribution is 6.04. The van der Waals surface area contributed by atoms with Gasteiger partial charge in [-0.1, -0.05) is 189 Å². The molecule has 0 aromatic heterocycles. The van der Waals surface area contributed by atoms with Gasteiger partial charge in [0.2, 0.25) is 0 Å². The molecule has 0 saturated heterocycles. The van der Waals surface area contributed by atoms with Crippen molar-refractivity contribution in [1.29, 1.82) is 0 Å². The van der Waals surface area contributed by atoms with Gasteiger partial charge in [0.05, 0.1) is 5.41 Å². The van der Waals surface area contributed by atoms with Gasteiger partial charge in [0, 0.05) is 22.5 Å². The normalized spacial score (nSPS) is 14.0. The molecule has 1 heteroatoms. The highest BCUT2D eigenvalue weighted by Gasteiger charge is 2.47. The Balaban J connectivity index is 1.19. The van der Waals surface area contributed by atoms with E-state index in [4.69, 9.17) is 0 Å². The first-order chi connectivity index (χ1) is 28.8. The summed E-state index contributed by atoms with van der Waals surface area (Å²) in [5.41, 5.74) is 20.8. The number of anilines is 3. The molecular formula is C58H45N. The quantitative estimate of drug-likeness (QED) is 0.163. The van der Waals surface area contributed by atoms with Crippen molar-refractivity contribution in [3.8, 4) is 33.4 Å². The van der Waals surface area contributed by atoms with Crippen molar-refractivity contribution < 1.29 is 0 Å². The molecule has 0 bridgehead atoms. The van der Waals surface area contributed by atoms with Crippen LogP contribution < -0.4 is 4.90 Å². The highest BCUT2D eigenvalue weighted by Crippen LogP contribution is 2.59. The first-order valence-corrected chi connectivity index (χ1v) is 20.8. The van der Waals surface area contributed by atoms with E-state index >= 15 is 0 Å². The molecule has 0 heterocycles. The maximum atomic E-state index is 2.50. The predicted molar refractivity (Wildman–Crippen MR) is 248 cm³/mol. The zero-order valence-corrected chi connectivity index (χ0v) is 34.0. The molecule has 0 aliphatic heterocycles. The largest absolute Gasteiger partial charge is 0.310 e. The Labute approximate surface area is 347 Å². The van der Waals surface area contributed by atoms with Crippen molar-refractivity contribution >= 4 is 27.8 Å². The van der Waals surface area contributed by atoms with Crippen molar-refractivity contribution in [2.45, 2.75) is 38.5 Å². The van der Waals surface area contributed by atoms with E-state index in [1.54, 1.807) is 0 Å². The number of nitrogens with zero attached hydrogens (tertiary/aromatic N) is 1. The van der Waals surface area contributed by atoms with Crippen molar-refractivity contribution in [2.24, 2.45) is 0 Å². The predicted octanol–water partition coefficient (Wildman–Crippen LogP) is 15.3. The van der Waals surface area contributed by atoms with Crippen LogP contribution in [0.1, 0.15) is 58.4 Å². The first kappa shape index (κ1) is 35.2. The fourth-order valence-electron chi connectivity index (χ4n) is 10.3. The fraction of sp³-hybridized carbons (Fsp3) is 0.103. The average molecular weight is 756 g/mol. The monoisotopic (exact) mass is 755 g/mol. The summed E-state index contributed by atoms with van der Waals surface area (Å²) in [6.07, 6.45) is 0. The van der Waals surface area contributed by atoms with E-state index in [0.717, 1.165) is 17.1 Å². The van der Waals surface area contributed by atoms with Crippen LogP contribution in [0, 0.1) is 13.8 Å². The van der Waals surface area contributed by atoms with Gasteiger partial charge in [0.1, 0.15) is 0 Å². The molecule has 0 fully saturated rings. The molecule has 0 amide bonds. The van der Waals surface area contributed by atoms with Gasteiger partial charge >= 0.3 is 0 Å². The maximum Gasteiger partial charge on any atom is 0.0714 e. The third-order valence-electron chi connectivity index (χ3n) is 13.3. The van der Waals surface area contributed by atoms with Gasteiger partial charge in [-0.15, -0.1) is 0 Å². The number of hydrogen-bond donors (Lipinski definition) is 0. The molecule has 282 valence electrons. The molecule has 0 N–H and O–H groups in total. The van der Waals surface area contributed by atoms with Crippen molar-refractivity contribution in [1.82, 2.24) is 0 Å². The van der Waals surface area contributed by atoms with Gasteiger partial charge in [0.25, 0.3) is 0 Å². The van der Waals surface area contributed by atoms with Crippen LogP contribution in [0.2, 0.25) is 0 Å². The van der Waals surface area contributed by atoms with Crippen molar-refractivity contribution in [3.05, 3.63) is 245 Å². The van der Waals surface area contributed by atoms with Crippen LogP contribution in [0.25, 0.3) is 44.2 Å². The summed E-state index contributed by atoms with van der Waals surface area (Å²) in [5, 5.41) is 2.54. The molecule has 9 aromatic rings. The molecule has 9 aromatic carbocycles. The molecule has 0 radical (unpaired) electrons. The summed E-state index contributed by atoms with van der Waals surface area (Å²) in [6.45, 7) is 9.10. The Hall–Kier alpha value is -6.96. The Morgan fingerprint density at radius 1 is 0.373 bits per heavy atom. The summed E-state index contributed by atoms with van der Waals surface area (Å²) in [6, 6.07) is 75.2. The minimum atomic E-state index is -0.545. The minimum Gasteiger partial charge on any atom is -0.310 e. The van der Waals surface area contributed by atoms with E-state index < -0.39 is 5.41 Å². The average Bonchev–Trinajstić information content (AvgIpc) is 3.70. The van der Waals surface area contributed by atoms with Crippen LogP contribution in [0.15, 0.2) is 200 Å². The number of benzene rings is 9. The summed E-state index contributed by atoms with van der Waals surface area (Å²) in [5.74, 6) is 0. The van der Waals surface area contributed by atoms with E-state index in [1.807, 2.05) is 0 Å². The second kappa shape index (κ2) is 13.3. The van der Waals surface area contributed by atoms with Crippen LogP contribution in [-0.4, -0.2) is 0 Å². The molecule has 1 nitrogen and oxygen atoms in total. The molecule has 0 unspecified atom stereocenters. The molecule has 2 aliphatic rings. The van der Waals surface area contributed by atoms with E-state index in [2.05, 4.69) is 233 Å². The number of fused-ring (bicyclic) bond motifs is 8. The van der Waals surface area contributed by atoms with Gasteiger partial charge in [-0.25, -0.2) is 0 Å². The van der Waals surface area contributed by atoms with Crippen LogP contribution in [0.4, 0.5) is 17.1 Å². The Bertz CT molecular complexity index is 3020. The number of aryl methyl sites for hydroxylation is 2. The SMILES string of the molecule is Cc1ccc(C2(c3ccc(C)cc3)c3cc(N(c4ccc(-c5ccccc5)cc4)c4ccc5c(c4)C(C)(C)c4ccccc4-5)ccc3-c3c2ccc2ccccc32)cc1. The minimum absolute atomic E-state index is 0.128. The van der Waals surface area contributed by atoms with Gasteiger partial charge < -0.3 is 4.90 Å². The molecule has 59 heavy (non-hydrogen) atoms. The van der Waals surface area contributed by atoms with E-state index in [-0.39, 0.29) is 5.41 Å². The molecule has 0 spiro atoms. The lowest BCUT2D eigenvalue weighted by atomic mass is 9.67. The van der Waals surface area contributed by atoms with Gasteiger partial charge in [-0.3, -0.25) is 0 Å². The topological polar surface area (TPSA) is 3.24 Å². The van der Waals surface area contributed by atoms with Crippen LogP contribution in [0.3, 0.4) is 0 Å². The molecule has 0 atom stereocenters. The Kier molecular flexibility index (Phi) is 7.94. The first-order valence-electron chi connectivity index (χ1n) is 20.8. The fourth-order valence-corrected chi connectivity index (χ4v) is 10.3. The smallest absolute Gasteiger partial charge is 0.0714 e. The number of hydrogen-bond acceptors (Lipinski definition) is 1. The standard InChI is InChI=1S/C58H45N/c1-38-18-25-43(26-19-38)58(44-27-20-39(2)21-28-44)53-35-24-42-14-8-9-15-48(42)56(53)51-34-32-47(37-55(51)58)59(45-29-22-41(23-30-45)40-12-6-5-7-13-40)46-31-33-50-49-16-10-11-17-52(49)57(3,4)54(50)36-46/h5-37H,1-4H3. The van der Waals surface area contributed by atoms with Crippen LogP contribution in [-0.2, 0) is 10.8 Å². The maximum absolute atomic E-state index is 2.50. The second-order valence-corrected chi connectivity index (χ2v) is 17.1. The van der Waals surface area contributed by atoms with Gasteiger partial charge in [0.15, 0.2) is 0 Å². The summed E-state index contributed by atoms with van der Waals surface area (Å²) < 4.78 is 0. The van der Waals surface area contributed by atoms with E-state index in [0.29, 0.717) is 0 Å². The molecular weight excluding hydrogens is 711 g/mol. The van der Waals surface area contributed by atoms with Crippen molar-refractivity contribution in [2.75, 3.05) is 4.90 Å². The zero-order chi connectivity index (χ0) is 39.9. The summed E-state index contributed by atoms with van der Waals surface area (Å²) in [7, 11) is 0. The zero-order valence-electron chi connectivity index (χ0n) is 34.0. The van der Waals surface area contributed by atoms with Gasteiger partial charge in [-0.05, 0) is 128 Å². The lowest BCUT2D eigenvalue weighted by Gasteiger charge is -2.35. The third kappa shape index (κ3) is 5.31. The van der Waals surface area contributed by atoms with E-state index in [9.17, 15) is 0 Å². The lowest BCUT2D eigenvalue weighted by Crippen LogP contribution is -2.29. The summed E-state index contributed by atoms with van der Waals surface area (Å²) >= 11 is 0. The van der Waals surface area contributed by atoms with Crippen molar-refractivity contribution in [3.63, 3.8) is 0 Å². The highest BCUT2D eigenvalue weighted by atomic mass is 15.1. The van der Waals surface area contributed by atoms with Gasteiger partial charge in [-0.2, -0.15) is 0 Å². The molecule has 0 saturated carbocycles. The van der Waals surface area contributed by atoms with Crippen LogP contribution in [0.5, 0.6) is 0 Å². The lowest BCUT2D eigenvalue weighted by molar-refractivity contribution is 0.660. The Morgan fingerprint density at radius 3 is 1.61 bits per heavy atom. The van der Waals surface area contributed by atoms with Crippen LogP contribution >= 0.6 is 0 Å². The van der Waals surface area contributed by atoms with E-state index in [1.165, 1.54) is 88.7 Å². The molecule has 2 aliphatic carbocycles. The Morgan fingerprint density at radius 2 is 0.915 bits per heavy atom. The second-order valence-electron chi connectivity index (χ2n) is 17.1.